The maximum Gasteiger partial charge on any atom is 0.274 e. The van der Waals surface area contributed by atoms with Gasteiger partial charge in [-0.3, -0.25) is 4.79 Å². The van der Waals surface area contributed by atoms with Crippen LogP contribution < -0.4 is 4.74 Å². The molecule has 5 nitrogen and oxygen atoms in total. The van der Waals surface area contributed by atoms with Crippen molar-refractivity contribution in [3.63, 3.8) is 0 Å². The van der Waals surface area contributed by atoms with Crippen molar-refractivity contribution in [1.29, 1.82) is 0 Å². The number of nitrogens with zero attached hydrogens (tertiary/aromatic N) is 3. The lowest BCUT2D eigenvalue weighted by Crippen LogP contribution is -2.27. The van der Waals surface area contributed by atoms with Crippen LogP contribution in [-0.2, 0) is 6.54 Å². The number of ether oxygens (including phenoxy) is 1. The van der Waals surface area contributed by atoms with Crippen LogP contribution in [0.5, 0.6) is 5.75 Å². The van der Waals surface area contributed by atoms with Crippen LogP contribution in [0.4, 0.5) is 0 Å². The summed E-state index contributed by atoms with van der Waals surface area (Å²) in [5.41, 5.74) is 3.35. The molecule has 0 bridgehead atoms. The predicted octanol–water partition coefficient (Wildman–Crippen LogP) is 4.86. The van der Waals surface area contributed by atoms with Crippen LogP contribution in [0.1, 0.15) is 35.0 Å². The van der Waals surface area contributed by atoms with Crippen molar-refractivity contribution in [2.75, 3.05) is 13.7 Å². The number of rotatable bonds is 6. The van der Waals surface area contributed by atoms with E-state index in [0.717, 1.165) is 39.7 Å². The molecule has 0 aliphatic rings. The minimum Gasteiger partial charge on any atom is -0.493 e. The Hall–Kier alpha value is -3.34. The predicted molar refractivity (Wildman–Crippen MR) is 115 cm³/mol. The van der Waals surface area contributed by atoms with Crippen molar-refractivity contribution in [2.24, 2.45) is 0 Å². The van der Waals surface area contributed by atoms with Gasteiger partial charge in [0.05, 0.1) is 6.61 Å². The molecule has 0 aliphatic carbocycles. The number of fused-ring (bicyclic) bond motifs is 2. The van der Waals surface area contributed by atoms with Gasteiger partial charge in [-0.2, -0.15) is 0 Å². The molecule has 1 amide bonds. The molecule has 0 radical (unpaired) electrons. The van der Waals surface area contributed by atoms with Crippen LogP contribution in [0.15, 0.2) is 60.9 Å². The van der Waals surface area contributed by atoms with Gasteiger partial charge < -0.3 is 14.0 Å². The third kappa shape index (κ3) is 3.81. The molecule has 0 atom stereocenters. The molecule has 2 aromatic carbocycles. The van der Waals surface area contributed by atoms with Crippen LogP contribution in [-0.4, -0.2) is 33.8 Å². The standard InChI is InChI=1S/C24H25N3O2/c1-4-13-29-22-10-9-18-7-5-6-8-19(18)20(22)15-26(3)24(28)21-16-27-12-11-17(2)14-23(27)25-21/h5-12,14,16H,4,13,15H2,1-3H3. The molecule has 0 saturated heterocycles. The fourth-order valence-electron chi connectivity index (χ4n) is 3.52. The summed E-state index contributed by atoms with van der Waals surface area (Å²) in [4.78, 5) is 19.3. The fourth-order valence-corrected chi connectivity index (χ4v) is 3.52. The van der Waals surface area contributed by atoms with Gasteiger partial charge in [-0.15, -0.1) is 0 Å². The van der Waals surface area contributed by atoms with E-state index in [4.69, 9.17) is 4.74 Å². The molecule has 4 aromatic rings. The van der Waals surface area contributed by atoms with E-state index < -0.39 is 0 Å². The molecule has 0 saturated carbocycles. The van der Waals surface area contributed by atoms with Gasteiger partial charge in [-0.1, -0.05) is 37.3 Å². The van der Waals surface area contributed by atoms with Gasteiger partial charge in [0.15, 0.2) is 0 Å². The fraction of sp³-hybridized carbons (Fsp3) is 0.250. The molecule has 5 heteroatoms. The third-order valence-electron chi connectivity index (χ3n) is 5.04. The first-order chi connectivity index (χ1) is 14.1. The first-order valence-electron chi connectivity index (χ1n) is 9.91. The highest BCUT2D eigenvalue weighted by Crippen LogP contribution is 2.29. The molecule has 148 valence electrons. The van der Waals surface area contributed by atoms with E-state index in [2.05, 4.69) is 30.1 Å². The van der Waals surface area contributed by atoms with Crippen LogP contribution >= 0.6 is 0 Å². The molecule has 0 unspecified atom stereocenters. The summed E-state index contributed by atoms with van der Waals surface area (Å²) in [6, 6.07) is 16.2. The summed E-state index contributed by atoms with van der Waals surface area (Å²) >= 11 is 0. The molecular formula is C24H25N3O2. The topological polar surface area (TPSA) is 46.8 Å². The number of hydrogen-bond acceptors (Lipinski definition) is 3. The number of pyridine rings is 1. The zero-order chi connectivity index (χ0) is 20.4. The Bertz CT molecular complexity index is 1180. The number of carbonyl (C=O) groups excluding carboxylic acids is 1. The number of hydrogen-bond donors (Lipinski definition) is 0. The Morgan fingerprint density at radius 3 is 2.83 bits per heavy atom. The molecule has 2 aromatic heterocycles. The van der Waals surface area contributed by atoms with Crippen LogP contribution in [0, 0.1) is 6.92 Å². The van der Waals surface area contributed by atoms with E-state index in [1.165, 1.54) is 0 Å². The van der Waals surface area contributed by atoms with Crippen molar-refractivity contribution < 1.29 is 9.53 Å². The van der Waals surface area contributed by atoms with Crippen LogP contribution in [0.25, 0.3) is 16.4 Å². The van der Waals surface area contributed by atoms with E-state index >= 15 is 0 Å². The monoisotopic (exact) mass is 387 g/mol. The van der Waals surface area contributed by atoms with E-state index in [0.29, 0.717) is 18.8 Å². The van der Waals surface area contributed by atoms with Gasteiger partial charge in [0.1, 0.15) is 17.1 Å². The number of carbonyl (C=O) groups is 1. The summed E-state index contributed by atoms with van der Waals surface area (Å²) in [5, 5.41) is 2.24. The molecular weight excluding hydrogens is 362 g/mol. The summed E-state index contributed by atoms with van der Waals surface area (Å²) < 4.78 is 7.86. The van der Waals surface area contributed by atoms with Crippen molar-refractivity contribution in [2.45, 2.75) is 26.8 Å². The highest BCUT2D eigenvalue weighted by atomic mass is 16.5. The van der Waals surface area contributed by atoms with Crippen LogP contribution in [0.3, 0.4) is 0 Å². The second-order valence-electron chi connectivity index (χ2n) is 7.37. The first-order valence-corrected chi connectivity index (χ1v) is 9.91. The Labute approximate surface area is 170 Å². The van der Waals surface area contributed by atoms with Gasteiger partial charge in [0.2, 0.25) is 0 Å². The maximum atomic E-state index is 13.1. The lowest BCUT2D eigenvalue weighted by Gasteiger charge is -2.20. The van der Waals surface area contributed by atoms with Gasteiger partial charge in [-0.05, 0) is 47.9 Å². The third-order valence-corrected chi connectivity index (χ3v) is 5.04. The molecule has 0 aliphatic heterocycles. The van der Waals surface area contributed by atoms with E-state index in [1.54, 1.807) is 11.1 Å². The summed E-state index contributed by atoms with van der Waals surface area (Å²) in [5.74, 6) is 0.719. The number of amides is 1. The van der Waals surface area contributed by atoms with Gasteiger partial charge >= 0.3 is 0 Å². The Morgan fingerprint density at radius 1 is 1.17 bits per heavy atom. The smallest absolute Gasteiger partial charge is 0.274 e. The highest BCUT2D eigenvalue weighted by Gasteiger charge is 2.19. The van der Waals surface area contributed by atoms with Crippen LogP contribution in [0.2, 0.25) is 0 Å². The Morgan fingerprint density at radius 2 is 2.00 bits per heavy atom. The zero-order valence-corrected chi connectivity index (χ0v) is 17.1. The molecule has 0 fully saturated rings. The number of aryl methyl sites for hydroxylation is 1. The molecule has 29 heavy (non-hydrogen) atoms. The van der Waals surface area contributed by atoms with E-state index in [1.807, 2.05) is 54.9 Å². The van der Waals surface area contributed by atoms with E-state index in [-0.39, 0.29) is 5.91 Å². The van der Waals surface area contributed by atoms with Crippen molar-refractivity contribution in [3.05, 3.63) is 77.7 Å². The van der Waals surface area contributed by atoms with Crippen molar-refractivity contribution in [3.8, 4) is 5.75 Å². The minimum absolute atomic E-state index is 0.110. The summed E-state index contributed by atoms with van der Waals surface area (Å²) in [7, 11) is 1.81. The normalized spacial score (nSPS) is 11.1. The molecule has 0 N–H and O–H groups in total. The first kappa shape index (κ1) is 19.0. The Balaban J connectivity index is 1.66. The number of aromatic nitrogens is 2. The largest absolute Gasteiger partial charge is 0.493 e. The number of imidazole rings is 1. The van der Waals surface area contributed by atoms with E-state index in [9.17, 15) is 4.79 Å². The van der Waals surface area contributed by atoms with Gasteiger partial charge in [0.25, 0.3) is 5.91 Å². The quantitative estimate of drug-likeness (QED) is 0.475. The zero-order valence-electron chi connectivity index (χ0n) is 17.1. The maximum absolute atomic E-state index is 13.1. The second kappa shape index (κ2) is 7.95. The second-order valence-corrected chi connectivity index (χ2v) is 7.37. The molecule has 0 spiro atoms. The Kier molecular flexibility index (Phi) is 5.21. The lowest BCUT2D eigenvalue weighted by molar-refractivity contribution is 0.0779. The minimum atomic E-state index is -0.110. The summed E-state index contributed by atoms with van der Waals surface area (Å²) in [6.07, 6.45) is 4.64. The summed E-state index contributed by atoms with van der Waals surface area (Å²) in [6.45, 7) is 5.20. The SMILES string of the molecule is CCCOc1ccc2ccccc2c1CN(C)C(=O)c1cn2ccc(C)cc2n1. The van der Waals surface area contributed by atoms with Crippen molar-refractivity contribution >= 4 is 22.3 Å². The average Bonchev–Trinajstić information content (AvgIpc) is 3.15. The highest BCUT2D eigenvalue weighted by molar-refractivity contribution is 5.93. The van der Waals surface area contributed by atoms with Crippen molar-refractivity contribution in [1.82, 2.24) is 14.3 Å². The number of benzene rings is 2. The lowest BCUT2D eigenvalue weighted by atomic mass is 10.0. The molecule has 4 rings (SSSR count). The van der Waals surface area contributed by atoms with Gasteiger partial charge in [-0.25, -0.2) is 4.98 Å². The average molecular weight is 387 g/mol. The molecule has 2 heterocycles. The van der Waals surface area contributed by atoms with Gasteiger partial charge in [0, 0.05) is 31.5 Å².